The molecule has 0 saturated carbocycles. The standard InChI is InChI=1S/C21H18Cl2FN3O4/c1-28-16-5-11-15(6-17(16)31-18-8-30-19-14(24)7-29-20(18)19)25-9-26-21(11)27-10-2-3-12(22)13(23)4-10/h2-6,9,14,18-20H,7-8H2,1H3,(H,25,26,27)/t14-,18?,19+,20+/m1/s1. The molecule has 0 aliphatic carbocycles. The topological polar surface area (TPSA) is 74.7 Å². The normalized spacial score (nSPS) is 24.9. The molecule has 1 aromatic heterocycles. The van der Waals surface area contributed by atoms with Gasteiger partial charge in [0, 0.05) is 17.1 Å². The van der Waals surface area contributed by atoms with Crippen LogP contribution < -0.4 is 14.8 Å². The summed E-state index contributed by atoms with van der Waals surface area (Å²) in [6.07, 6.45) is -1.18. The number of aromatic nitrogens is 2. The van der Waals surface area contributed by atoms with Gasteiger partial charge in [0.25, 0.3) is 0 Å². The summed E-state index contributed by atoms with van der Waals surface area (Å²) in [6.45, 7) is 0.256. The van der Waals surface area contributed by atoms with Gasteiger partial charge in [0.1, 0.15) is 24.4 Å². The zero-order valence-corrected chi connectivity index (χ0v) is 17.9. The van der Waals surface area contributed by atoms with Gasteiger partial charge in [-0.15, -0.1) is 0 Å². The Morgan fingerprint density at radius 3 is 2.68 bits per heavy atom. The molecule has 31 heavy (non-hydrogen) atoms. The van der Waals surface area contributed by atoms with Gasteiger partial charge in [0.15, 0.2) is 23.8 Å². The van der Waals surface area contributed by atoms with Crippen LogP contribution in [0.2, 0.25) is 10.0 Å². The van der Waals surface area contributed by atoms with Gasteiger partial charge in [0.2, 0.25) is 0 Å². The van der Waals surface area contributed by atoms with Crippen molar-refractivity contribution < 1.29 is 23.3 Å². The number of nitrogens with one attached hydrogen (secondary N) is 1. The van der Waals surface area contributed by atoms with E-state index in [2.05, 4.69) is 15.3 Å². The average molecular weight is 466 g/mol. The summed E-state index contributed by atoms with van der Waals surface area (Å²) < 4.78 is 36.5. The number of benzene rings is 2. The van der Waals surface area contributed by atoms with Crippen LogP contribution in [0.4, 0.5) is 15.9 Å². The number of halogens is 3. The maximum atomic E-state index is 13.8. The van der Waals surface area contributed by atoms with E-state index < -0.39 is 24.5 Å². The zero-order valence-electron chi connectivity index (χ0n) is 16.3. The molecule has 5 rings (SSSR count). The molecule has 162 valence electrons. The zero-order chi connectivity index (χ0) is 21.5. The third-order valence-electron chi connectivity index (χ3n) is 5.33. The molecule has 4 atom stereocenters. The third kappa shape index (κ3) is 3.85. The number of hydrogen-bond donors (Lipinski definition) is 1. The molecule has 0 bridgehead atoms. The van der Waals surface area contributed by atoms with Crippen LogP contribution in [0.1, 0.15) is 0 Å². The van der Waals surface area contributed by atoms with Gasteiger partial charge >= 0.3 is 0 Å². The minimum Gasteiger partial charge on any atom is -0.493 e. The molecular formula is C21H18Cl2FN3O4. The van der Waals surface area contributed by atoms with Crippen LogP contribution in [-0.4, -0.2) is 54.8 Å². The van der Waals surface area contributed by atoms with Crippen LogP contribution in [-0.2, 0) is 9.47 Å². The highest BCUT2D eigenvalue weighted by Gasteiger charge is 2.49. The van der Waals surface area contributed by atoms with Crippen LogP contribution in [0.5, 0.6) is 11.5 Å². The van der Waals surface area contributed by atoms with Crippen molar-refractivity contribution in [2.45, 2.75) is 24.5 Å². The van der Waals surface area contributed by atoms with Crippen molar-refractivity contribution in [2.24, 2.45) is 0 Å². The Labute approximate surface area is 187 Å². The quantitative estimate of drug-likeness (QED) is 0.591. The van der Waals surface area contributed by atoms with E-state index in [0.29, 0.717) is 32.9 Å². The number of fused-ring (bicyclic) bond motifs is 2. The van der Waals surface area contributed by atoms with E-state index in [-0.39, 0.29) is 13.2 Å². The molecular weight excluding hydrogens is 448 g/mol. The van der Waals surface area contributed by atoms with Crippen molar-refractivity contribution in [2.75, 3.05) is 25.6 Å². The Morgan fingerprint density at radius 2 is 1.87 bits per heavy atom. The van der Waals surface area contributed by atoms with Crippen molar-refractivity contribution in [1.82, 2.24) is 9.97 Å². The Kier molecular flexibility index (Phi) is 5.47. The van der Waals surface area contributed by atoms with Gasteiger partial charge in [-0.1, -0.05) is 23.2 Å². The van der Waals surface area contributed by atoms with Gasteiger partial charge in [-0.2, -0.15) is 0 Å². The van der Waals surface area contributed by atoms with Gasteiger partial charge in [0.05, 0.1) is 35.9 Å². The number of anilines is 2. The lowest BCUT2D eigenvalue weighted by molar-refractivity contribution is 0.0271. The third-order valence-corrected chi connectivity index (χ3v) is 6.07. The highest BCUT2D eigenvalue weighted by molar-refractivity contribution is 6.42. The number of hydrogen-bond acceptors (Lipinski definition) is 7. The first-order valence-corrected chi connectivity index (χ1v) is 10.4. The maximum Gasteiger partial charge on any atom is 0.164 e. The molecule has 2 aromatic carbocycles. The van der Waals surface area contributed by atoms with Crippen LogP contribution >= 0.6 is 23.2 Å². The molecule has 3 heterocycles. The molecule has 10 heteroatoms. The largest absolute Gasteiger partial charge is 0.493 e. The van der Waals surface area contributed by atoms with E-state index >= 15 is 0 Å². The lowest BCUT2D eigenvalue weighted by atomic mass is 10.1. The fourth-order valence-corrected chi connectivity index (χ4v) is 4.11. The van der Waals surface area contributed by atoms with Crippen LogP contribution in [0.3, 0.4) is 0 Å². The van der Waals surface area contributed by atoms with E-state index in [1.165, 1.54) is 6.33 Å². The molecule has 2 fully saturated rings. The van der Waals surface area contributed by atoms with Crippen LogP contribution in [0, 0.1) is 0 Å². The summed E-state index contributed by atoms with van der Waals surface area (Å²) in [4.78, 5) is 8.69. The Morgan fingerprint density at radius 1 is 1.03 bits per heavy atom. The number of methoxy groups -OCH3 is 1. The van der Waals surface area contributed by atoms with Crippen molar-refractivity contribution in [3.05, 3.63) is 46.7 Å². The predicted molar refractivity (Wildman–Crippen MR) is 115 cm³/mol. The van der Waals surface area contributed by atoms with E-state index in [1.807, 2.05) is 0 Å². The molecule has 3 aromatic rings. The van der Waals surface area contributed by atoms with Gasteiger partial charge < -0.3 is 24.3 Å². The van der Waals surface area contributed by atoms with Gasteiger partial charge in [-0.3, -0.25) is 0 Å². The van der Waals surface area contributed by atoms with Crippen LogP contribution in [0.25, 0.3) is 10.9 Å². The fraction of sp³-hybridized carbons (Fsp3) is 0.333. The van der Waals surface area contributed by atoms with Gasteiger partial charge in [-0.25, -0.2) is 14.4 Å². The lowest BCUT2D eigenvalue weighted by Gasteiger charge is -2.20. The first-order chi connectivity index (χ1) is 15.0. The summed E-state index contributed by atoms with van der Waals surface area (Å²) in [5, 5.41) is 4.84. The highest BCUT2D eigenvalue weighted by Crippen LogP contribution is 2.38. The summed E-state index contributed by atoms with van der Waals surface area (Å²) in [6, 6.07) is 8.75. The first-order valence-electron chi connectivity index (χ1n) is 9.62. The molecule has 0 amide bonds. The second-order valence-electron chi connectivity index (χ2n) is 7.26. The van der Waals surface area contributed by atoms with E-state index in [1.54, 1.807) is 37.4 Å². The second-order valence-corrected chi connectivity index (χ2v) is 8.08. The molecule has 0 radical (unpaired) electrons. The predicted octanol–water partition coefficient (Wildman–Crippen LogP) is 4.57. The van der Waals surface area contributed by atoms with Crippen molar-refractivity contribution in [3.63, 3.8) is 0 Å². The van der Waals surface area contributed by atoms with E-state index in [0.717, 1.165) is 11.1 Å². The molecule has 1 unspecified atom stereocenters. The number of alkyl halides is 1. The van der Waals surface area contributed by atoms with E-state index in [9.17, 15) is 4.39 Å². The monoisotopic (exact) mass is 465 g/mol. The molecule has 2 saturated heterocycles. The Balaban J connectivity index is 1.45. The fourth-order valence-electron chi connectivity index (χ4n) is 3.81. The summed E-state index contributed by atoms with van der Waals surface area (Å²) >= 11 is 12.1. The lowest BCUT2D eigenvalue weighted by Crippen LogP contribution is -2.33. The molecule has 2 aliphatic rings. The maximum absolute atomic E-state index is 13.8. The molecule has 7 nitrogen and oxygen atoms in total. The van der Waals surface area contributed by atoms with Crippen molar-refractivity contribution in [3.8, 4) is 11.5 Å². The van der Waals surface area contributed by atoms with Crippen molar-refractivity contribution in [1.29, 1.82) is 0 Å². The minimum absolute atomic E-state index is 0.0149. The smallest absolute Gasteiger partial charge is 0.164 e. The molecule has 1 N–H and O–H groups in total. The number of rotatable bonds is 5. The Bertz CT molecular complexity index is 1140. The van der Waals surface area contributed by atoms with Gasteiger partial charge in [-0.05, 0) is 24.3 Å². The Hall–Kier alpha value is -2.39. The molecule has 2 aliphatic heterocycles. The van der Waals surface area contributed by atoms with E-state index in [4.69, 9.17) is 42.1 Å². The number of ether oxygens (including phenoxy) is 4. The average Bonchev–Trinajstić information content (AvgIpc) is 3.34. The van der Waals surface area contributed by atoms with Crippen molar-refractivity contribution >= 4 is 45.6 Å². The number of nitrogens with zero attached hydrogens (tertiary/aromatic N) is 2. The first kappa shape index (κ1) is 20.5. The highest BCUT2D eigenvalue weighted by atomic mass is 35.5. The molecule has 0 spiro atoms. The summed E-state index contributed by atoms with van der Waals surface area (Å²) in [5.41, 5.74) is 1.36. The minimum atomic E-state index is -1.14. The summed E-state index contributed by atoms with van der Waals surface area (Å²) in [5.74, 6) is 1.52. The summed E-state index contributed by atoms with van der Waals surface area (Å²) in [7, 11) is 1.54. The SMILES string of the molecule is COc1cc2c(Nc3ccc(Cl)c(Cl)c3)ncnc2cc1OC1CO[C@H]2[C@H](F)CO[C@@H]12. The van der Waals surface area contributed by atoms with Crippen LogP contribution in [0.15, 0.2) is 36.7 Å². The second kappa shape index (κ2) is 8.27.